The summed E-state index contributed by atoms with van der Waals surface area (Å²) in [5.74, 6) is 0. The van der Waals surface area contributed by atoms with E-state index in [1.54, 1.807) is 18.2 Å². The van der Waals surface area contributed by atoms with Crippen molar-refractivity contribution >= 4 is 32.6 Å². The van der Waals surface area contributed by atoms with Crippen LogP contribution >= 0.6 is 15.9 Å². The van der Waals surface area contributed by atoms with E-state index in [1.807, 2.05) is 12.1 Å². The minimum Gasteiger partial charge on any atom is -0.422 e. The van der Waals surface area contributed by atoms with Crippen molar-refractivity contribution in [1.82, 2.24) is 0 Å². The van der Waals surface area contributed by atoms with Crippen LogP contribution in [0.2, 0.25) is 0 Å². The van der Waals surface area contributed by atoms with Gasteiger partial charge in [0.1, 0.15) is 5.58 Å². The molecule has 0 radical (unpaired) electrons. The minimum atomic E-state index is -0.489. The number of para-hydroxylation sites is 1. The molecule has 0 N–H and O–H groups in total. The number of fused-ring (bicyclic) bond motifs is 1. The second kappa shape index (κ2) is 5.14. The molecular formula is C15H8BrNO4. The molecule has 0 aliphatic rings. The highest BCUT2D eigenvalue weighted by Crippen LogP contribution is 2.31. The summed E-state index contributed by atoms with van der Waals surface area (Å²) in [7, 11) is 0. The summed E-state index contributed by atoms with van der Waals surface area (Å²) in [6.45, 7) is 0. The first-order valence-corrected chi connectivity index (χ1v) is 6.83. The van der Waals surface area contributed by atoms with Gasteiger partial charge in [-0.2, -0.15) is 0 Å². The van der Waals surface area contributed by atoms with E-state index in [2.05, 4.69) is 15.9 Å². The first-order valence-electron chi connectivity index (χ1n) is 6.03. The fourth-order valence-corrected chi connectivity index (χ4v) is 2.67. The molecule has 1 aromatic heterocycles. The predicted molar refractivity (Wildman–Crippen MR) is 82.3 cm³/mol. The number of non-ortho nitro benzene ring substituents is 1. The Kier molecular flexibility index (Phi) is 3.31. The smallest absolute Gasteiger partial charge is 0.344 e. The summed E-state index contributed by atoms with van der Waals surface area (Å²) >= 11 is 3.27. The van der Waals surface area contributed by atoms with Crippen molar-refractivity contribution in [2.45, 2.75) is 0 Å². The summed E-state index contributed by atoms with van der Waals surface area (Å²) < 4.78 is 5.74. The number of nitro benzene ring substituents is 1. The van der Waals surface area contributed by atoms with E-state index in [0.717, 1.165) is 5.39 Å². The van der Waals surface area contributed by atoms with Crippen molar-refractivity contribution < 1.29 is 9.34 Å². The van der Waals surface area contributed by atoms with Crippen molar-refractivity contribution in [3.63, 3.8) is 0 Å². The molecule has 0 amide bonds. The number of hydrogen-bond acceptors (Lipinski definition) is 4. The van der Waals surface area contributed by atoms with Crippen LogP contribution in [0, 0.1) is 10.1 Å². The maximum atomic E-state index is 12.1. The molecule has 0 bridgehead atoms. The van der Waals surface area contributed by atoms with E-state index >= 15 is 0 Å². The molecule has 0 unspecified atom stereocenters. The van der Waals surface area contributed by atoms with Crippen molar-refractivity contribution in [2.24, 2.45) is 0 Å². The Morgan fingerprint density at radius 2 is 1.81 bits per heavy atom. The zero-order chi connectivity index (χ0) is 15.0. The number of halogens is 1. The lowest BCUT2D eigenvalue weighted by molar-refractivity contribution is -0.384. The molecule has 0 saturated heterocycles. The molecule has 1 heterocycles. The molecule has 104 valence electrons. The van der Waals surface area contributed by atoms with E-state index in [4.69, 9.17) is 4.42 Å². The Balaban J connectivity index is 2.23. The molecule has 0 aliphatic heterocycles. The van der Waals surface area contributed by atoms with Gasteiger partial charge in [0.15, 0.2) is 0 Å². The largest absolute Gasteiger partial charge is 0.422 e. The number of benzene rings is 2. The van der Waals surface area contributed by atoms with Crippen molar-refractivity contribution in [1.29, 1.82) is 0 Å². The molecule has 0 spiro atoms. The Morgan fingerprint density at radius 3 is 2.52 bits per heavy atom. The van der Waals surface area contributed by atoms with Gasteiger partial charge in [0.25, 0.3) is 5.69 Å². The van der Waals surface area contributed by atoms with Gasteiger partial charge < -0.3 is 4.42 Å². The van der Waals surface area contributed by atoms with Gasteiger partial charge in [0.2, 0.25) is 0 Å². The second-order valence-corrected chi connectivity index (χ2v) is 5.26. The van der Waals surface area contributed by atoms with Gasteiger partial charge >= 0.3 is 5.63 Å². The molecule has 0 aliphatic carbocycles. The lowest BCUT2D eigenvalue weighted by Crippen LogP contribution is -2.03. The minimum absolute atomic E-state index is 0.0456. The first-order chi connectivity index (χ1) is 10.1. The number of nitro groups is 1. The summed E-state index contributed by atoms with van der Waals surface area (Å²) in [6.07, 6.45) is 0. The number of rotatable bonds is 2. The highest BCUT2D eigenvalue weighted by molar-refractivity contribution is 9.10. The first kappa shape index (κ1) is 13.5. The molecule has 5 nitrogen and oxygen atoms in total. The summed E-state index contributed by atoms with van der Waals surface area (Å²) in [4.78, 5) is 22.3. The average molecular weight is 346 g/mol. The molecule has 3 rings (SSSR count). The third-order valence-electron chi connectivity index (χ3n) is 3.10. The highest BCUT2D eigenvalue weighted by Gasteiger charge is 2.14. The summed E-state index contributed by atoms with van der Waals surface area (Å²) in [5, 5.41) is 11.5. The third kappa shape index (κ3) is 2.45. The fourth-order valence-electron chi connectivity index (χ4n) is 2.09. The Labute approximate surface area is 127 Å². The quantitative estimate of drug-likeness (QED) is 0.397. The van der Waals surface area contributed by atoms with Crippen LogP contribution in [0.5, 0.6) is 0 Å². The third-order valence-corrected chi connectivity index (χ3v) is 3.75. The SMILES string of the molecule is O=c1oc2ccccc2cc1-c1ccc([N+](=O)[O-])cc1Br. The normalized spacial score (nSPS) is 10.7. The van der Waals surface area contributed by atoms with Gasteiger partial charge in [-0.25, -0.2) is 4.79 Å². The van der Waals surface area contributed by atoms with Gasteiger partial charge in [-0.1, -0.05) is 18.2 Å². The lowest BCUT2D eigenvalue weighted by atomic mass is 10.1. The van der Waals surface area contributed by atoms with Crippen LogP contribution < -0.4 is 5.63 Å². The second-order valence-electron chi connectivity index (χ2n) is 4.41. The van der Waals surface area contributed by atoms with Crippen LogP contribution in [-0.4, -0.2) is 4.92 Å². The molecule has 6 heteroatoms. The van der Waals surface area contributed by atoms with Crippen LogP contribution in [0.1, 0.15) is 0 Å². The lowest BCUT2D eigenvalue weighted by Gasteiger charge is -2.05. The zero-order valence-corrected chi connectivity index (χ0v) is 12.2. The van der Waals surface area contributed by atoms with E-state index in [-0.39, 0.29) is 5.69 Å². The van der Waals surface area contributed by atoms with Crippen molar-refractivity contribution in [3.05, 3.63) is 73.5 Å². The maximum Gasteiger partial charge on any atom is 0.344 e. The maximum absolute atomic E-state index is 12.1. The standard InChI is InChI=1S/C15H8BrNO4/c16-13-8-10(17(19)20)5-6-11(13)12-7-9-3-1-2-4-14(9)21-15(12)18/h1-8H. The van der Waals surface area contributed by atoms with Gasteiger partial charge in [-0.15, -0.1) is 0 Å². The highest BCUT2D eigenvalue weighted by atomic mass is 79.9. The van der Waals surface area contributed by atoms with Gasteiger partial charge in [0.05, 0.1) is 10.5 Å². The predicted octanol–water partition coefficient (Wildman–Crippen LogP) is 4.13. The van der Waals surface area contributed by atoms with E-state index in [1.165, 1.54) is 18.2 Å². The Bertz CT molecular complexity index is 917. The van der Waals surface area contributed by atoms with E-state index in [0.29, 0.717) is 21.2 Å². The topological polar surface area (TPSA) is 73.3 Å². The van der Waals surface area contributed by atoms with Crippen LogP contribution in [-0.2, 0) is 0 Å². The van der Waals surface area contributed by atoms with Crippen molar-refractivity contribution in [2.75, 3.05) is 0 Å². The van der Waals surface area contributed by atoms with Gasteiger partial charge in [-0.05, 0) is 34.1 Å². The van der Waals surface area contributed by atoms with Gasteiger partial charge in [0, 0.05) is 27.6 Å². The van der Waals surface area contributed by atoms with Crippen LogP contribution in [0.15, 0.2) is 62.2 Å². The Hall–Kier alpha value is -2.47. The van der Waals surface area contributed by atoms with Gasteiger partial charge in [-0.3, -0.25) is 10.1 Å². The van der Waals surface area contributed by atoms with Crippen LogP contribution in [0.3, 0.4) is 0 Å². The molecular weight excluding hydrogens is 338 g/mol. The molecule has 2 aromatic carbocycles. The molecule has 0 atom stereocenters. The molecule has 3 aromatic rings. The molecule has 0 fully saturated rings. The van der Waals surface area contributed by atoms with E-state index < -0.39 is 10.5 Å². The Morgan fingerprint density at radius 1 is 1.05 bits per heavy atom. The number of hydrogen-bond donors (Lipinski definition) is 0. The van der Waals surface area contributed by atoms with Crippen LogP contribution in [0.25, 0.3) is 22.1 Å². The zero-order valence-electron chi connectivity index (χ0n) is 10.6. The monoisotopic (exact) mass is 345 g/mol. The van der Waals surface area contributed by atoms with Crippen LogP contribution in [0.4, 0.5) is 5.69 Å². The van der Waals surface area contributed by atoms with E-state index in [9.17, 15) is 14.9 Å². The van der Waals surface area contributed by atoms with Crippen molar-refractivity contribution in [3.8, 4) is 11.1 Å². The summed E-state index contributed by atoms with van der Waals surface area (Å²) in [6, 6.07) is 13.1. The summed E-state index contributed by atoms with van der Waals surface area (Å²) in [5.41, 5.74) is 0.888. The molecule has 21 heavy (non-hydrogen) atoms. The molecule has 0 saturated carbocycles. The number of nitrogens with zero attached hydrogens (tertiary/aromatic N) is 1. The average Bonchev–Trinajstić information content (AvgIpc) is 2.46. The fraction of sp³-hybridized carbons (Fsp3) is 0.